The lowest BCUT2D eigenvalue weighted by atomic mass is 10.0. The van der Waals surface area contributed by atoms with Gasteiger partial charge in [0.15, 0.2) is 6.10 Å². The third kappa shape index (κ3) is 4.23. The van der Waals surface area contributed by atoms with Gasteiger partial charge in [-0.2, -0.15) is 0 Å². The van der Waals surface area contributed by atoms with Crippen molar-refractivity contribution in [3.63, 3.8) is 0 Å². The fraction of sp³-hybridized carbons (Fsp3) is 0.429. The summed E-state index contributed by atoms with van der Waals surface area (Å²) in [5.41, 5.74) is 5.18. The molecule has 3 N–H and O–H groups in total. The second kappa shape index (κ2) is 6.26. The third-order valence-electron chi connectivity index (χ3n) is 2.81. The average molecular weight is 343 g/mol. The topological polar surface area (TPSA) is 81.4 Å². The molecule has 2 amide bonds. The van der Waals surface area contributed by atoms with E-state index in [4.69, 9.17) is 10.5 Å². The van der Waals surface area contributed by atoms with Crippen molar-refractivity contribution >= 4 is 27.7 Å². The van der Waals surface area contributed by atoms with Crippen molar-refractivity contribution in [2.24, 2.45) is 5.73 Å². The van der Waals surface area contributed by atoms with Crippen molar-refractivity contribution in [2.45, 2.75) is 39.3 Å². The van der Waals surface area contributed by atoms with E-state index in [1.54, 1.807) is 26.8 Å². The minimum Gasteiger partial charge on any atom is -0.480 e. The highest BCUT2D eigenvalue weighted by Gasteiger charge is 2.29. The summed E-state index contributed by atoms with van der Waals surface area (Å²) in [5, 5.41) is 2.55. The summed E-state index contributed by atoms with van der Waals surface area (Å²) in [6.45, 7) is 6.66. The zero-order valence-corrected chi connectivity index (χ0v) is 13.6. The maximum Gasteiger partial charge on any atom is 0.261 e. The van der Waals surface area contributed by atoms with Crippen LogP contribution < -0.4 is 15.8 Å². The van der Waals surface area contributed by atoms with Crippen molar-refractivity contribution in [3.8, 4) is 5.75 Å². The van der Waals surface area contributed by atoms with E-state index in [1.807, 2.05) is 19.1 Å². The SMILES string of the molecule is Cc1ccc(OC(C)C(=O)NC(C)(C)C(N)=O)c(Br)c1. The van der Waals surface area contributed by atoms with Crippen LogP contribution in [0.3, 0.4) is 0 Å². The number of amides is 2. The van der Waals surface area contributed by atoms with E-state index in [0.717, 1.165) is 10.0 Å². The Morgan fingerprint density at radius 1 is 1.40 bits per heavy atom. The summed E-state index contributed by atoms with van der Waals surface area (Å²) in [6.07, 6.45) is -0.743. The number of hydrogen-bond acceptors (Lipinski definition) is 3. The van der Waals surface area contributed by atoms with Crippen molar-refractivity contribution in [1.29, 1.82) is 0 Å². The van der Waals surface area contributed by atoms with Gasteiger partial charge in [0.2, 0.25) is 5.91 Å². The quantitative estimate of drug-likeness (QED) is 0.857. The summed E-state index contributed by atoms with van der Waals surface area (Å²) >= 11 is 3.38. The van der Waals surface area contributed by atoms with Crippen LogP contribution >= 0.6 is 15.9 Å². The number of halogens is 1. The molecule has 0 aromatic heterocycles. The number of benzene rings is 1. The Balaban J connectivity index is 2.73. The second-order valence-corrected chi connectivity index (χ2v) is 6.03. The molecular formula is C14H19BrN2O3. The molecule has 1 unspecified atom stereocenters. The van der Waals surface area contributed by atoms with Crippen LogP contribution in [-0.4, -0.2) is 23.5 Å². The van der Waals surface area contributed by atoms with E-state index < -0.39 is 23.5 Å². The van der Waals surface area contributed by atoms with Gasteiger partial charge in [-0.3, -0.25) is 9.59 Å². The summed E-state index contributed by atoms with van der Waals surface area (Å²) < 4.78 is 6.35. The zero-order chi connectivity index (χ0) is 15.5. The van der Waals surface area contributed by atoms with Crippen LogP contribution in [0.2, 0.25) is 0 Å². The first-order chi connectivity index (χ1) is 9.13. The summed E-state index contributed by atoms with van der Waals surface area (Å²) in [6, 6.07) is 5.56. The fourth-order valence-corrected chi connectivity index (χ4v) is 2.00. The number of primary amides is 1. The lowest BCUT2D eigenvalue weighted by Crippen LogP contribution is -2.55. The van der Waals surface area contributed by atoms with Crippen molar-refractivity contribution in [2.75, 3.05) is 0 Å². The number of aryl methyl sites for hydroxylation is 1. The first-order valence-electron chi connectivity index (χ1n) is 6.18. The van der Waals surface area contributed by atoms with Gasteiger partial charge in [0.25, 0.3) is 5.91 Å². The molecule has 0 heterocycles. The Morgan fingerprint density at radius 3 is 2.50 bits per heavy atom. The maximum atomic E-state index is 12.0. The number of carbonyl (C=O) groups is 2. The largest absolute Gasteiger partial charge is 0.480 e. The Kier molecular flexibility index (Phi) is 5.16. The van der Waals surface area contributed by atoms with Crippen LogP contribution in [0.15, 0.2) is 22.7 Å². The van der Waals surface area contributed by atoms with Gasteiger partial charge in [-0.1, -0.05) is 6.07 Å². The molecule has 0 bridgehead atoms. The number of nitrogens with one attached hydrogen (secondary N) is 1. The Hall–Kier alpha value is -1.56. The van der Waals surface area contributed by atoms with Gasteiger partial charge in [0.1, 0.15) is 11.3 Å². The van der Waals surface area contributed by atoms with Crippen LogP contribution in [0.4, 0.5) is 0 Å². The van der Waals surface area contributed by atoms with Gasteiger partial charge in [0, 0.05) is 0 Å². The fourth-order valence-electron chi connectivity index (χ4n) is 1.42. The molecule has 1 aromatic rings. The molecule has 5 nitrogen and oxygen atoms in total. The molecule has 1 aromatic carbocycles. The van der Waals surface area contributed by atoms with E-state index in [-0.39, 0.29) is 0 Å². The molecule has 1 atom stereocenters. The third-order valence-corrected chi connectivity index (χ3v) is 3.43. The minimum atomic E-state index is -1.11. The minimum absolute atomic E-state index is 0.402. The molecule has 0 radical (unpaired) electrons. The lowest BCUT2D eigenvalue weighted by Gasteiger charge is -2.25. The Bertz CT molecular complexity index is 529. The highest BCUT2D eigenvalue weighted by molar-refractivity contribution is 9.10. The van der Waals surface area contributed by atoms with E-state index in [2.05, 4.69) is 21.2 Å². The normalized spacial score (nSPS) is 12.7. The first kappa shape index (κ1) is 16.5. The predicted molar refractivity (Wildman–Crippen MR) is 80.4 cm³/mol. The molecule has 6 heteroatoms. The monoisotopic (exact) mass is 342 g/mol. The number of carbonyl (C=O) groups excluding carboxylic acids is 2. The van der Waals surface area contributed by atoms with Crippen LogP contribution in [0.5, 0.6) is 5.75 Å². The number of rotatable bonds is 5. The molecule has 0 aliphatic rings. The summed E-state index contributed by atoms with van der Waals surface area (Å²) in [5.74, 6) is -0.439. The van der Waals surface area contributed by atoms with E-state index in [9.17, 15) is 9.59 Å². The first-order valence-corrected chi connectivity index (χ1v) is 6.97. The number of ether oxygens (including phenoxy) is 1. The van der Waals surface area contributed by atoms with E-state index in [0.29, 0.717) is 5.75 Å². The van der Waals surface area contributed by atoms with Gasteiger partial charge in [0.05, 0.1) is 4.47 Å². The molecule has 1 rings (SSSR count). The van der Waals surface area contributed by atoms with Crippen LogP contribution in [-0.2, 0) is 9.59 Å². The van der Waals surface area contributed by atoms with Gasteiger partial charge in [-0.05, 0) is 61.3 Å². The molecule has 0 aliphatic carbocycles. The molecule has 0 saturated heterocycles. The van der Waals surface area contributed by atoms with Gasteiger partial charge in [-0.25, -0.2) is 0 Å². The lowest BCUT2D eigenvalue weighted by molar-refractivity contribution is -0.134. The highest BCUT2D eigenvalue weighted by Crippen LogP contribution is 2.26. The highest BCUT2D eigenvalue weighted by atomic mass is 79.9. The molecule has 0 fully saturated rings. The Labute approximate surface area is 127 Å². The van der Waals surface area contributed by atoms with Gasteiger partial charge in [-0.15, -0.1) is 0 Å². The number of nitrogens with two attached hydrogens (primary N) is 1. The molecule has 0 aliphatic heterocycles. The smallest absolute Gasteiger partial charge is 0.261 e. The van der Waals surface area contributed by atoms with Crippen LogP contribution in [0.1, 0.15) is 26.3 Å². The van der Waals surface area contributed by atoms with Crippen LogP contribution in [0.25, 0.3) is 0 Å². The van der Waals surface area contributed by atoms with E-state index >= 15 is 0 Å². The maximum absolute atomic E-state index is 12.0. The standard InChI is InChI=1S/C14H19BrN2O3/c1-8-5-6-11(10(15)7-8)20-9(2)12(18)17-14(3,4)13(16)19/h5-7,9H,1-4H3,(H2,16,19)(H,17,18). The van der Waals surface area contributed by atoms with Crippen molar-refractivity contribution in [1.82, 2.24) is 5.32 Å². The molecule has 0 saturated carbocycles. The zero-order valence-electron chi connectivity index (χ0n) is 12.0. The molecule has 20 heavy (non-hydrogen) atoms. The molecule has 0 spiro atoms. The average Bonchev–Trinajstić information content (AvgIpc) is 2.31. The van der Waals surface area contributed by atoms with Crippen LogP contribution in [0, 0.1) is 6.92 Å². The van der Waals surface area contributed by atoms with E-state index in [1.165, 1.54) is 0 Å². The Morgan fingerprint density at radius 2 is 2.00 bits per heavy atom. The molecule has 110 valence electrons. The summed E-state index contributed by atoms with van der Waals surface area (Å²) in [7, 11) is 0. The molecular weight excluding hydrogens is 324 g/mol. The number of hydrogen-bond donors (Lipinski definition) is 2. The van der Waals surface area contributed by atoms with Crippen molar-refractivity contribution < 1.29 is 14.3 Å². The summed E-state index contributed by atoms with van der Waals surface area (Å²) in [4.78, 5) is 23.2. The predicted octanol–water partition coefficient (Wildman–Crippen LogP) is 1.90. The van der Waals surface area contributed by atoms with Crippen molar-refractivity contribution in [3.05, 3.63) is 28.2 Å². The second-order valence-electron chi connectivity index (χ2n) is 5.17. The van der Waals surface area contributed by atoms with Gasteiger partial charge < -0.3 is 15.8 Å². The van der Waals surface area contributed by atoms with Gasteiger partial charge >= 0.3 is 0 Å².